The number of ether oxygens (including phenoxy) is 4. The molecule has 0 spiro atoms. The molecule has 27 heavy (non-hydrogen) atoms. The van der Waals surface area contributed by atoms with E-state index in [9.17, 15) is 5.11 Å². The van der Waals surface area contributed by atoms with Crippen LogP contribution >= 0.6 is 0 Å². The minimum atomic E-state index is -0.424. The van der Waals surface area contributed by atoms with Gasteiger partial charge in [0, 0.05) is 25.1 Å². The fraction of sp³-hybridized carbons (Fsp3) is 0.429. The van der Waals surface area contributed by atoms with Crippen LogP contribution in [0.3, 0.4) is 0 Å². The molecule has 0 aromatic heterocycles. The van der Waals surface area contributed by atoms with Crippen molar-refractivity contribution in [3.63, 3.8) is 0 Å². The highest BCUT2D eigenvalue weighted by Crippen LogP contribution is 2.37. The molecule has 2 atom stereocenters. The highest BCUT2D eigenvalue weighted by molar-refractivity contribution is 5.45. The fourth-order valence-electron chi connectivity index (χ4n) is 3.89. The number of hydrogen-bond acceptors (Lipinski definition) is 6. The van der Waals surface area contributed by atoms with Gasteiger partial charge in [-0.05, 0) is 48.4 Å². The summed E-state index contributed by atoms with van der Waals surface area (Å²) in [5, 5.41) is 10.8. The van der Waals surface area contributed by atoms with Gasteiger partial charge in [0.1, 0.15) is 11.5 Å². The minimum absolute atomic E-state index is 0.107. The second-order valence-electron chi connectivity index (χ2n) is 7.03. The van der Waals surface area contributed by atoms with E-state index in [1.54, 1.807) is 14.2 Å². The maximum Gasteiger partial charge on any atom is 0.231 e. The molecular weight excluding hydrogens is 346 g/mol. The largest absolute Gasteiger partial charge is 0.497 e. The number of β-amino-alcohol motifs (C(OH)–C–C–N with tert-alkyl or cyclic N) is 1. The van der Waals surface area contributed by atoms with Crippen molar-refractivity contribution >= 4 is 0 Å². The zero-order valence-corrected chi connectivity index (χ0v) is 15.7. The fourth-order valence-corrected chi connectivity index (χ4v) is 3.89. The first-order chi connectivity index (χ1) is 13.2. The van der Waals surface area contributed by atoms with Crippen LogP contribution in [0.4, 0.5) is 0 Å². The molecule has 2 heterocycles. The number of rotatable bonds is 5. The first-order valence-electron chi connectivity index (χ1n) is 9.18. The quantitative estimate of drug-likeness (QED) is 0.872. The van der Waals surface area contributed by atoms with Gasteiger partial charge in [-0.15, -0.1) is 0 Å². The molecule has 144 valence electrons. The molecule has 0 unspecified atom stereocenters. The van der Waals surface area contributed by atoms with Crippen LogP contribution in [0.25, 0.3) is 0 Å². The van der Waals surface area contributed by atoms with Crippen molar-refractivity contribution < 1.29 is 24.1 Å². The average Bonchev–Trinajstić information content (AvgIpc) is 3.15. The Balaban J connectivity index is 1.43. The zero-order valence-electron chi connectivity index (χ0n) is 15.7. The van der Waals surface area contributed by atoms with Gasteiger partial charge in [0.15, 0.2) is 11.5 Å². The second kappa shape index (κ2) is 7.66. The van der Waals surface area contributed by atoms with E-state index < -0.39 is 6.10 Å². The van der Waals surface area contributed by atoms with Gasteiger partial charge in [0.25, 0.3) is 0 Å². The Hall–Kier alpha value is -2.44. The van der Waals surface area contributed by atoms with E-state index in [0.29, 0.717) is 6.54 Å². The Kier molecular flexibility index (Phi) is 5.09. The van der Waals surface area contributed by atoms with Crippen LogP contribution in [-0.2, 0) is 6.54 Å². The lowest BCUT2D eigenvalue weighted by Gasteiger charge is -2.36. The Morgan fingerprint density at radius 3 is 2.48 bits per heavy atom. The van der Waals surface area contributed by atoms with E-state index in [-0.39, 0.29) is 12.7 Å². The number of nitrogens with zero attached hydrogens (tertiary/aromatic N) is 1. The molecule has 2 aliphatic heterocycles. The predicted molar refractivity (Wildman–Crippen MR) is 101 cm³/mol. The van der Waals surface area contributed by atoms with Crippen molar-refractivity contribution in [2.24, 2.45) is 0 Å². The van der Waals surface area contributed by atoms with Crippen LogP contribution in [0.5, 0.6) is 23.0 Å². The lowest BCUT2D eigenvalue weighted by molar-refractivity contribution is 0.0476. The molecule has 1 N–H and O–H groups in total. The molecule has 4 rings (SSSR count). The zero-order chi connectivity index (χ0) is 18.8. The first-order valence-corrected chi connectivity index (χ1v) is 9.18. The number of benzene rings is 2. The Morgan fingerprint density at radius 1 is 1.04 bits per heavy atom. The topological polar surface area (TPSA) is 60.4 Å². The van der Waals surface area contributed by atoms with E-state index in [0.717, 1.165) is 53.6 Å². The highest BCUT2D eigenvalue weighted by Gasteiger charge is 2.30. The van der Waals surface area contributed by atoms with Crippen LogP contribution in [0.15, 0.2) is 36.4 Å². The summed E-state index contributed by atoms with van der Waals surface area (Å²) in [4.78, 5) is 2.27. The van der Waals surface area contributed by atoms with Gasteiger partial charge in [-0.2, -0.15) is 0 Å². The Labute approximate surface area is 159 Å². The maximum atomic E-state index is 10.8. The van der Waals surface area contributed by atoms with Gasteiger partial charge < -0.3 is 24.1 Å². The molecule has 6 heteroatoms. The van der Waals surface area contributed by atoms with Crippen LogP contribution in [0.2, 0.25) is 0 Å². The summed E-state index contributed by atoms with van der Waals surface area (Å²) in [6, 6.07) is 11.9. The summed E-state index contributed by atoms with van der Waals surface area (Å²) < 4.78 is 21.5. The van der Waals surface area contributed by atoms with Crippen molar-refractivity contribution in [1.29, 1.82) is 0 Å². The molecule has 2 aliphatic rings. The van der Waals surface area contributed by atoms with Crippen LogP contribution in [0.1, 0.15) is 23.5 Å². The standard InChI is InChI=1S/C21H25NO5/c1-24-16-7-14(8-17(10-16)25-2)11-22-6-5-18(19(23)12-22)15-3-4-20-21(9-15)27-13-26-20/h3-4,7-10,18-19,23H,5-6,11-13H2,1-2H3/t18-,19+/m0/s1. The molecule has 0 bridgehead atoms. The SMILES string of the molecule is COc1cc(CN2CC[C@@H](c3ccc4c(c3)OCO4)[C@H](O)C2)cc(OC)c1. The summed E-state index contributed by atoms with van der Waals surface area (Å²) in [5.41, 5.74) is 2.22. The Bertz CT molecular complexity index is 787. The number of aliphatic hydroxyl groups excluding tert-OH is 1. The van der Waals surface area contributed by atoms with Crippen LogP contribution in [0, 0.1) is 0 Å². The van der Waals surface area contributed by atoms with Crippen molar-refractivity contribution in [1.82, 2.24) is 4.90 Å². The van der Waals surface area contributed by atoms with Gasteiger partial charge in [0.05, 0.1) is 20.3 Å². The smallest absolute Gasteiger partial charge is 0.231 e. The summed E-state index contributed by atoms with van der Waals surface area (Å²) >= 11 is 0. The lowest BCUT2D eigenvalue weighted by Crippen LogP contribution is -2.42. The Morgan fingerprint density at radius 2 is 1.78 bits per heavy atom. The number of likely N-dealkylation sites (tertiary alicyclic amines) is 1. The number of methoxy groups -OCH3 is 2. The van der Waals surface area contributed by atoms with Gasteiger partial charge >= 0.3 is 0 Å². The van der Waals surface area contributed by atoms with Crippen molar-refractivity contribution in [2.45, 2.75) is 25.0 Å². The molecule has 1 saturated heterocycles. The monoisotopic (exact) mass is 371 g/mol. The highest BCUT2D eigenvalue weighted by atomic mass is 16.7. The summed E-state index contributed by atoms with van der Waals surface area (Å²) in [6.07, 6.45) is 0.466. The van der Waals surface area contributed by atoms with E-state index in [1.807, 2.05) is 36.4 Å². The van der Waals surface area contributed by atoms with Crippen molar-refractivity contribution in [2.75, 3.05) is 34.1 Å². The summed E-state index contributed by atoms with van der Waals surface area (Å²) in [5.74, 6) is 3.21. The number of piperidine rings is 1. The van der Waals surface area contributed by atoms with Crippen LogP contribution < -0.4 is 18.9 Å². The van der Waals surface area contributed by atoms with E-state index in [4.69, 9.17) is 18.9 Å². The number of hydrogen-bond donors (Lipinski definition) is 1. The third kappa shape index (κ3) is 3.82. The van der Waals surface area contributed by atoms with Crippen LogP contribution in [-0.4, -0.2) is 50.2 Å². The second-order valence-corrected chi connectivity index (χ2v) is 7.03. The molecule has 0 aliphatic carbocycles. The molecule has 2 aromatic rings. The number of aliphatic hydroxyl groups is 1. The van der Waals surface area contributed by atoms with E-state index in [1.165, 1.54) is 0 Å². The third-order valence-corrected chi connectivity index (χ3v) is 5.31. The third-order valence-electron chi connectivity index (χ3n) is 5.31. The van der Waals surface area contributed by atoms with E-state index >= 15 is 0 Å². The molecule has 0 amide bonds. The molecule has 6 nitrogen and oxygen atoms in total. The molecule has 2 aromatic carbocycles. The molecular formula is C21H25NO5. The molecule has 0 saturated carbocycles. The predicted octanol–water partition coefficient (Wildman–Crippen LogP) is 2.78. The summed E-state index contributed by atoms with van der Waals surface area (Å²) in [7, 11) is 3.30. The van der Waals surface area contributed by atoms with Gasteiger partial charge in [-0.1, -0.05) is 6.07 Å². The number of fused-ring (bicyclic) bond motifs is 1. The maximum absolute atomic E-state index is 10.8. The van der Waals surface area contributed by atoms with Crippen molar-refractivity contribution in [3.05, 3.63) is 47.5 Å². The normalized spacial score (nSPS) is 21.9. The lowest BCUT2D eigenvalue weighted by atomic mass is 9.86. The minimum Gasteiger partial charge on any atom is -0.497 e. The average molecular weight is 371 g/mol. The van der Waals surface area contributed by atoms with Gasteiger partial charge in [-0.25, -0.2) is 0 Å². The summed E-state index contributed by atoms with van der Waals surface area (Å²) in [6.45, 7) is 2.55. The van der Waals surface area contributed by atoms with Gasteiger partial charge in [0.2, 0.25) is 6.79 Å². The van der Waals surface area contributed by atoms with Gasteiger partial charge in [-0.3, -0.25) is 4.90 Å². The first kappa shape index (κ1) is 17.9. The van der Waals surface area contributed by atoms with Crippen molar-refractivity contribution in [3.8, 4) is 23.0 Å². The molecule has 0 radical (unpaired) electrons. The van der Waals surface area contributed by atoms with E-state index in [2.05, 4.69) is 4.90 Å². The molecule has 1 fully saturated rings.